The van der Waals surface area contributed by atoms with Gasteiger partial charge in [-0.25, -0.2) is 4.39 Å². The van der Waals surface area contributed by atoms with Gasteiger partial charge >= 0.3 is 0 Å². The largest absolute Gasteiger partial charge is 0.377 e. The lowest BCUT2D eigenvalue weighted by Crippen LogP contribution is -2.32. The van der Waals surface area contributed by atoms with E-state index < -0.39 is 0 Å². The van der Waals surface area contributed by atoms with Gasteiger partial charge in [0.05, 0.1) is 6.10 Å². The van der Waals surface area contributed by atoms with Gasteiger partial charge in [0.1, 0.15) is 5.82 Å². The molecule has 1 aliphatic heterocycles. The molecule has 1 aliphatic rings. The molecule has 1 atom stereocenters. The molecule has 2 N–H and O–H groups in total. The lowest BCUT2D eigenvalue weighted by molar-refractivity contribution is 0.0721. The molecule has 3 nitrogen and oxygen atoms in total. The first-order valence-corrected chi connectivity index (χ1v) is 7.04. The Bertz CT molecular complexity index is 405. The molecule has 0 spiro atoms. The highest BCUT2D eigenvalue weighted by molar-refractivity contribution is 5.25. The Labute approximate surface area is 114 Å². The quantitative estimate of drug-likeness (QED) is 0.858. The van der Waals surface area contributed by atoms with Crippen LogP contribution in [-0.2, 0) is 17.8 Å². The Kier molecular flexibility index (Phi) is 5.31. The van der Waals surface area contributed by atoms with Crippen molar-refractivity contribution in [3.05, 3.63) is 35.1 Å². The number of likely N-dealkylation sites (N-methyl/N-ethyl adjacent to an activating group) is 1. The fraction of sp³-hybridized carbons (Fsp3) is 0.600. The number of halogens is 1. The molecule has 1 heterocycles. The summed E-state index contributed by atoms with van der Waals surface area (Å²) in [4.78, 5) is 2.23. The first-order valence-electron chi connectivity index (χ1n) is 7.04. The standard InChI is InChI=1S/C15H23FN2O/c1-2-18(11-14-4-3-7-19-14)10-13-8-12(9-17)5-6-15(13)16/h5-6,8,14H,2-4,7,9-11,17H2,1H3. The third-order valence-electron chi connectivity index (χ3n) is 3.67. The lowest BCUT2D eigenvalue weighted by Gasteiger charge is -2.24. The highest BCUT2D eigenvalue weighted by Crippen LogP contribution is 2.17. The van der Waals surface area contributed by atoms with Crippen molar-refractivity contribution in [3.8, 4) is 0 Å². The Balaban J connectivity index is 2.00. The molecule has 0 bridgehead atoms. The predicted molar refractivity (Wildman–Crippen MR) is 74.2 cm³/mol. The average molecular weight is 266 g/mol. The number of benzene rings is 1. The van der Waals surface area contributed by atoms with Crippen molar-refractivity contribution in [1.82, 2.24) is 4.90 Å². The van der Waals surface area contributed by atoms with Crippen molar-refractivity contribution < 1.29 is 9.13 Å². The minimum absolute atomic E-state index is 0.150. The lowest BCUT2D eigenvalue weighted by atomic mass is 10.1. The van der Waals surface area contributed by atoms with Crippen LogP contribution in [0.3, 0.4) is 0 Å². The number of rotatable bonds is 6. The first-order chi connectivity index (χ1) is 9.22. The number of hydrogen-bond donors (Lipinski definition) is 1. The van der Waals surface area contributed by atoms with Crippen LogP contribution in [0.4, 0.5) is 4.39 Å². The molecule has 1 fully saturated rings. The second kappa shape index (κ2) is 6.98. The minimum atomic E-state index is -0.150. The highest BCUT2D eigenvalue weighted by atomic mass is 19.1. The van der Waals surface area contributed by atoms with Gasteiger partial charge in [-0.1, -0.05) is 19.1 Å². The van der Waals surface area contributed by atoms with E-state index in [1.54, 1.807) is 6.07 Å². The van der Waals surface area contributed by atoms with Crippen molar-refractivity contribution in [1.29, 1.82) is 0 Å². The molecule has 0 amide bonds. The van der Waals surface area contributed by atoms with Crippen LogP contribution in [-0.4, -0.2) is 30.7 Å². The molecule has 1 aromatic rings. The van der Waals surface area contributed by atoms with Crippen LogP contribution in [0.1, 0.15) is 30.9 Å². The van der Waals surface area contributed by atoms with Crippen LogP contribution in [0.5, 0.6) is 0 Å². The Hall–Kier alpha value is -0.970. The van der Waals surface area contributed by atoms with Crippen molar-refractivity contribution in [2.75, 3.05) is 19.7 Å². The summed E-state index contributed by atoms with van der Waals surface area (Å²) in [6, 6.07) is 5.13. The fourth-order valence-corrected chi connectivity index (χ4v) is 2.50. The molecule has 1 saturated heterocycles. The van der Waals surface area contributed by atoms with Gasteiger partial charge in [0.2, 0.25) is 0 Å². The first kappa shape index (κ1) is 14.4. The van der Waals surface area contributed by atoms with Crippen LogP contribution < -0.4 is 5.73 Å². The summed E-state index contributed by atoms with van der Waals surface area (Å²) in [5.41, 5.74) is 7.31. The molecule has 1 aromatic carbocycles. The highest BCUT2D eigenvalue weighted by Gasteiger charge is 2.19. The Morgan fingerprint density at radius 2 is 2.32 bits per heavy atom. The third-order valence-corrected chi connectivity index (χ3v) is 3.67. The molecule has 1 unspecified atom stereocenters. The van der Waals surface area contributed by atoms with Crippen LogP contribution in [0.15, 0.2) is 18.2 Å². The van der Waals surface area contributed by atoms with Gasteiger partial charge in [-0.05, 0) is 31.0 Å². The number of hydrogen-bond acceptors (Lipinski definition) is 3. The van der Waals surface area contributed by atoms with E-state index in [-0.39, 0.29) is 5.82 Å². The molecule has 106 valence electrons. The maximum Gasteiger partial charge on any atom is 0.127 e. The maximum absolute atomic E-state index is 13.8. The monoisotopic (exact) mass is 266 g/mol. The van der Waals surface area contributed by atoms with Gasteiger partial charge in [0.15, 0.2) is 0 Å². The van der Waals surface area contributed by atoms with Gasteiger partial charge in [0, 0.05) is 31.8 Å². The Morgan fingerprint density at radius 3 is 2.95 bits per heavy atom. The molecule has 19 heavy (non-hydrogen) atoms. The zero-order valence-corrected chi connectivity index (χ0v) is 11.6. The van der Waals surface area contributed by atoms with Crippen molar-refractivity contribution in [3.63, 3.8) is 0 Å². The van der Waals surface area contributed by atoms with Gasteiger partial charge in [-0.2, -0.15) is 0 Å². The molecule has 0 aliphatic carbocycles. The SMILES string of the molecule is CCN(Cc1cc(CN)ccc1F)CC1CCCO1. The minimum Gasteiger partial charge on any atom is -0.377 e. The summed E-state index contributed by atoms with van der Waals surface area (Å²) in [6.07, 6.45) is 2.56. The molecule has 4 heteroatoms. The average Bonchev–Trinajstić information content (AvgIpc) is 2.93. The summed E-state index contributed by atoms with van der Waals surface area (Å²) < 4.78 is 19.5. The second-order valence-electron chi connectivity index (χ2n) is 5.09. The van der Waals surface area contributed by atoms with Gasteiger partial charge in [-0.3, -0.25) is 4.90 Å². The van der Waals surface area contributed by atoms with E-state index in [0.29, 0.717) is 19.2 Å². The van der Waals surface area contributed by atoms with Gasteiger partial charge in [-0.15, -0.1) is 0 Å². The van der Waals surface area contributed by atoms with E-state index >= 15 is 0 Å². The molecule has 2 rings (SSSR count). The van der Waals surface area contributed by atoms with E-state index in [2.05, 4.69) is 11.8 Å². The van der Waals surface area contributed by atoms with Crippen molar-refractivity contribution >= 4 is 0 Å². The zero-order valence-electron chi connectivity index (χ0n) is 11.6. The summed E-state index contributed by atoms with van der Waals surface area (Å²) in [7, 11) is 0. The molecular formula is C15H23FN2O. The van der Waals surface area contributed by atoms with Gasteiger partial charge < -0.3 is 10.5 Å². The Morgan fingerprint density at radius 1 is 1.47 bits per heavy atom. The molecular weight excluding hydrogens is 243 g/mol. The molecule has 0 radical (unpaired) electrons. The van der Waals surface area contributed by atoms with E-state index in [4.69, 9.17) is 10.5 Å². The fourth-order valence-electron chi connectivity index (χ4n) is 2.50. The second-order valence-corrected chi connectivity index (χ2v) is 5.09. The van der Waals surface area contributed by atoms with Crippen molar-refractivity contribution in [2.45, 2.75) is 39.0 Å². The predicted octanol–water partition coefficient (Wildman–Crippen LogP) is 2.29. The molecule has 0 aromatic heterocycles. The summed E-state index contributed by atoms with van der Waals surface area (Å²) in [5, 5.41) is 0. The number of nitrogens with zero attached hydrogens (tertiary/aromatic N) is 1. The van der Waals surface area contributed by atoms with Crippen LogP contribution in [0, 0.1) is 5.82 Å². The van der Waals surface area contributed by atoms with E-state index in [0.717, 1.165) is 43.7 Å². The van der Waals surface area contributed by atoms with Gasteiger partial charge in [0.25, 0.3) is 0 Å². The summed E-state index contributed by atoms with van der Waals surface area (Å²) in [5.74, 6) is -0.150. The number of ether oxygens (including phenoxy) is 1. The number of nitrogens with two attached hydrogens (primary N) is 1. The smallest absolute Gasteiger partial charge is 0.127 e. The summed E-state index contributed by atoms with van der Waals surface area (Å²) >= 11 is 0. The normalized spacial score (nSPS) is 19.3. The third kappa shape index (κ3) is 4.00. The van der Waals surface area contributed by atoms with E-state index in [9.17, 15) is 4.39 Å². The van der Waals surface area contributed by atoms with Crippen LogP contribution >= 0.6 is 0 Å². The maximum atomic E-state index is 13.8. The van der Waals surface area contributed by atoms with Crippen LogP contribution in [0.25, 0.3) is 0 Å². The van der Waals surface area contributed by atoms with Crippen molar-refractivity contribution in [2.24, 2.45) is 5.73 Å². The van der Waals surface area contributed by atoms with Crippen LogP contribution in [0.2, 0.25) is 0 Å². The topological polar surface area (TPSA) is 38.5 Å². The molecule has 0 saturated carbocycles. The van der Waals surface area contributed by atoms with E-state index in [1.807, 2.05) is 6.07 Å². The summed E-state index contributed by atoms with van der Waals surface area (Å²) in [6.45, 7) is 5.80. The zero-order chi connectivity index (χ0) is 13.7. The van der Waals surface area contributed by atoms with E-state index in [1.165, 1.54) is 6.07 Å².